The van der Waals surface area contributed by atoms with Crippen LogP contribution < -0.4 is 10.6 Å². The molecule has 2 N–H and O–H groups in total. The van der Waals surface area contributed by atoms with E-state index in [1.807, 2.05) is 0 Å². The first-order valence-electron chi connectivity index (χ1n) is 11.8. The summed E-state index contributed by atoms with van der Waals surface area (Å²) in [7, 11) is 1.27. The number of hydrogen-bond acceptors (Lipinski definition) is 5. The van der Waals surface area contributed by atoms with Crippen LogP contribution in [0, 0.1) is 11.3 Å². The van der Waals surface area contributed by atoms with Gasteiger partial charge in [0, 0.05) is 5.02 Å². The molecule has 1 aliphatic heterocycles. The number of nitrogens with one attached hydrogen (secondary N) is 2. The number of halogens is 1. The van der Waals surface area contributed by atoms with Crippen LogP contribution in [-0.2, 0) is 19.1 Å². The Bertz CT molecular complexity index is 938. The minimum absolute atomic E-state index is 0.0947. The van der Waals surface area contributed by atoms with E-state index in [9.17, 15) is 19.2 Å². The summed E-state index contributed by atoms with van der Waals surface area (Å²) < 4.78 is 4.75. The van der Waals surface area contributed by atoms with Gasteiger partial charge in [0.25, 0.3) is 5.91 Å². The Morgan fingerprint density at radius 3 is 2.41 bits per heavy atom. The van der Waals surface area contributed by atoms with E-state index in [4.69, 9.17) is 16.3 Å². The quantitative estimate of drug-likeness (QED) is 0.422. The first kappa shape index (κ1) is 26.0. The van der Waals surface area contributed by atoms with Crippen LogP contribution in [0.4, 0.5) is 4.79 Å². The molecule has 34 heavy (non-hydrogen) atoms. The van der Waals surface area contributed by atoms with E-state index in [1.54, 1.807) is 24.3 Å². The Balaban J connectivity index is 1.66. The zero-order chi connectivity index (χ0) is 25.1. The minimum atomic E-state index is -0.931. The maximum absolute atomic E-state index is 13.2. The number of nitrogens with zero attached hydrogens (tertiary/aromatic N) is 1. The highest BCUT2D eigenvalue weighted by molar-refractivity contribution is 6.30. The molecule has 3 rings (SSSR count). The van der Waals surface area contributed by atoms with Gasteiger partial charge in [-0.15, -0.1) is 0 Å². The summed E-state index contributed by atoms with van der Waals surface area (Å²) in [6.07, 6.45) is 3.80. The molecule has 1 aromatic rings. The van der Waals surface area contributed by atoms with E-state index < -0.39 is 36.0 Å². The third-order valence-electron chi connectivity index (χ3n) is 7.61. The molecule has 186 valence electrons. The number of esters is 1. The average Bonchev–Trinajstić information content (AvgIpc) is 3.03. The van der Waals surface area contributed by atoms with Crippen molar-refractivity contribution in [3.63, 3.8) is 0 Å². The molecule has 0 bridgehead atoms. The summed E-state index contributed by atoms with van der Waals surface area (Å²) in [6.45, 7) is 6.24. The van der Waals surface area contributed by atoms with Crippen molar-refractivity contribution in [3.05, 3.63) is 34.9 Å². The maximum atomic E-state index is 13.2. The molecule has 4 amide bonds. The maximum Gasteiger partial charge on any atom is 0.325 e. The fourth-order valence-corrected chi connectivity index (χ4v) is 5.05. The molecule has 2 fully saturated rings. The molecular weight excluding hydrogens is 458 g/mol. The predicted molar refractivity (Wildman–Crippen MR) is 128 cm³/mol. The van der Waals surface area contributed by atoms with Gasteiger partial charge in [0.2, 0.25) is 5.91 Å². The number of methoxy groups -OCH3 is 1. The topological polar surface area (TPSA) is 105 Å². The van der Waals surface area contributed by atoms with E-state index >= 15 is 0 Å². The van der Waals surface area contributed by atoms with Crippen molar-refractivity contribution >= 4 is 35.4 Å². The number of hydrogen-bond donors (Lipinski definition) is 2. The van der Waals surface area contributed by atoms with Crippen molar-refractivity contribution in [1.29, 1.82) is 0 Å². The largest absolute Gasteiger partial charge is 0.469 e. The van der Waals surface area contributed by atoms with Gasteiger partial charge in [0.1, 0.15) is 12.1 Å². The van der Waals surface area contributed by atoms with Crippen LogP contribution in [0.3, 0.4) is 0 Å². The number of carbonyl (C=O) groups is 4. The van der Waals surface area contributed by atoms with Crippen molar-refractivity contribution in [2.45, 2.75) is 70.9 Å². The summed E-state index contributed by atoms with van der Waals surface area (Å²) >= 11 is 5.95. The lowest BCUT2D eigenvalue weighted by Gasteiger charge is -2.42. The van der Waals surface area contributed by atoms with E-state index in [0.717, 1.165) is 24.2 Å². The van der Waals surface area contributed by atoms with Crippen molar-refractivity contribution in [1.82, 2.24) is 15.5 Å². The second kappa shape index (κ2) is 10.3. The first-order valence-corrected chi connectivity index (χ1v) is 12.1. The summed E-state index contributed by atoms with van der Waals surface area (Å²) in [5.74, 6) is -0.897. The normalized spacial score (nSPS) is 23.6. The van der Waals surface area contributed by atoms with E-state index in [-0.39, 0.29) is 17.7 Å². The number of benzene rings is 1. The molecule has 1 heterocycles. The Hall–Kier alpha value is -2.61. The predicted octanol–water partition coefficient (Wildman–Crippen LogP) is 3.98. The second-order valence-corrected chi connectivity index (χ2v) is 10.4. The van der Waals surface area contributed by atoms with Crippen LogP contribution in [0.25, 0.3) is 0 Å². The van der Waals surface area contributed by atoms with Gasteiger partial charge in [-0.25, -0.2) is 4.79 Å². The van der Waals surface area contributed by atoms with Crippen molar-refractivity contribution in [3.8, 4) is 0 Å². The number of rotatable bonds is 8. The fraction of sp³-hybridized carbons (Fsp3) is 0.600. The number of amides is 4. The van der Waals surface area contributed by atoms with Gasteiger partial charge in [0.05, 0.1) is 19.6 Å². The van der Waals surface area contributed by atoms with Crippen molar-refractivity contribution < 1.29 is 23.9 Å². The summed E-state index contributed by atoms with van der Waals surface area (Å²) in [4.78, 5) is 51.6. The Morgan fingerprint density at radius 1 is 1.24 bits per heavy atom. The minimum Gasteiger partial charge on any atom is -0.469 e. The number of urea groups is 1. The molecule has 1 aromatic carbocycles. The number of carbonyl (C=O) groups excluding carboxylic acids is 4. The number of imide groups is 1. The third kappa shape index (κ3) is 5.54. The Kier molecular flexibility index (Phi) is 7.91. The lowest BCUT2D eigenvalue weighted by atomic mass is 9.65. The number of ether oxygens (including phenoxy) is 1. The highest BCUT2D eigenvalue weighted by Gasteiger charge is 2.53. The molecule has 1 spiro atoms. The fourth-order valence-electron chi connectivity index (χ4n) is 4.92. The van der Waals surface area contributed by atoms with Crippen LogP contribution >= 0.6 is 11.6 Å². The molecule has 2 aliphatic rings. The molecule has 1 saturated heterocycles. The van der Waals surface area contributed by atoms with Gasteiger partial charge in [-0.3, -0.25) is 19.3 Å². The van der Waals surface area contributed by atoms with E-state index in [1.165, 1.54) is 7.11 Å². The van der Waals surface area contributed by atoms with E-state index in [0.29, 0.717) is 29.3 Å². The van der Waals surface area contributed by atoms with Crippen LogP contribution in [0.1, 0.15) is 70.9 Å². The molecular formula is C25H34ClN3O5. The van der Waals surface area contributed by atoms with Crippen molar-refractivity contribution in [2.75, 3.05) is 13.7 Å². The molecule has 1 aliphatic carbocycles. The van der Waals surface area contributed by atoms with Crippen LogP contribution in [0.2, 0.25) is 5.02 Å². The third-order valence-corrected chi connectivity index (χ3v) is 7.86. The smallest absolute Gasteiger partial charge is 0.325 e. The molecule has 0 aromatic heterocycles. The molecule has 1 unspecified atom stereocenters. The van der Waals surface area contributed by atoms with Gasteiger partial charge in [0.15, 0.2) is 0 Å². The van der Waals surface area contributed by atoms with Gasteiger partial charge in [-0.2, -0.15) is 0 Å². The van der Waals surface area contributed by atoms with Crippen LogP contribution in [0.5, 0.6) is 0 Å². The van der Waals surface area contributed by atoms with Gasteiger partial charge >= 0.3 is 12.0 Å². The van der Waals surface area contributed by atoms with Gasteiger partial charge in [-0.1, -0.05) is 50.9 Å². The summed E-state index contributed by atoms with van der Waals surface area (Å²) in [5, 5.41) is 6.14. The second-order valence-electron chi connectivity index (χ2n) is 9.97. The molecule has 1 saturated carbocycles. The highest BCUT2D eigenvalue weighted by Crippen LogP contribution is 2.45. The average molecular weight is 492 g/mol. The van der Waals surface area contributed by atoms with Crippen LogP contribution in [-0.4, -0.2) is 47.9 Å². The summed E-state index contributed by atoms with van der Waals surface area (Å²) in [6, 6.07) is 5.49. The zero-order valence-corrected chi connectivity index (χ0v) is 21.0. The van der Waals surface area contributed by atoms with Crippen LogP contribution in [0.15, 0.2) is 24.3 Å². The Labute approximate surface area is 205 Å². The van der Waals surface area contributed by atoms with E-state index in [2.05, 4.69) is 31.4 Å². The van der Waals surface area contributed by atoms with Crippen molar-refractivity contribution in [2.24, 2.45) is 11.3 Å². The zero-order valence-electron chi connectivity index (χ0n) is 20.3. The SMILES string of the molecule is CCC(C)(C)C1CCC2(CC1)NC(=O)N(CC(=O)NC(CC(=O)OC)c1ccc(Cl)cc1)C2=O. The lowest BCUT2D eigenvalue weighted by Crippen LogP contribution is -2.51. The molecule has 1 atom stereocenters. The van der Waals surface area contributed by atoms with Gasteiger partial charge in [-0.05, 0) is 54.7 Å². The summed E-state index contributed by atoms with van der Waals surface area (Å²) in [5.41, 5.74) is -0.0868. The highest BCUT2D eigenvalue weighted by atomic mass is 35.5. The molecule has 0 radical (unpaired) electrons. The monoisotopic (exact) mass is 491 g/mol. The lowest BCUT2D eigenvalue weighted by molar-refractivity contribution is -0.142. The molecule has 8 nitrogen and oxygen atoms in total. The first-order chi connectivity index (χ1) is 16.0. The Morgan fingerprint density at radius 2 is 1.85 bits per heavy atom. The molecule has 9 heteroatoms. The van der Waals surface area contributed by atoms with Gasteiger partial charge < -0.3 is 15.4 Å². The standard InChI is InChI=1S/C25H34ClN3O5/c1-5-24(2,3)17-10-12-25(13-11-17)22(32)29(23(33)28-25)15-20(30)27-19(14-21(31)34-4)16-6-8-18(26)9-7-16/h6-9,17,19H,5,10-15H2,1-4H3,(H,27,30)(H,28,33).